The number of nitrogens with one attached hydrogen (secondary N) is 1. The monoisotopic (exact) mass is 431 g/mol. The van der Waals surface area contributed by atoms with Gasteiger partial charge in [0, 0.05) is 30.3 Å². The van der Waals surface area contributed by atoms with E-state index in [2.05, 4.69) is 10.2 Å². The van der Waals surface area contributed by atoms with Crippen LogP contribution < -0.4 is 10.2 Å². The summed E-state index contributed by atoms with van der Waals surface area (Å²) in [6, 6.07) is 7.19. The van der Waals surface area contributed by atoms with Crippen LogP contribution in [0.5, 0.6) is 0 Å². The van der Waals surface area contributed by atoms with Gasteiger partial charge in [0.25, 0.3) is 0 Å². The average Bonchev–Trinajstić information content (AvgIpc) is 3.41. The van der Waals surface area contributed by atoms with Crippen LogP contribution in [0.1, 0.15) is 6.42 Å². The Labute approximate surface area is 180 Å². The Bertz CT molecular complexity index is 854. The molecule has 5 rings (SSSR count). The fourth-order valence-corrected chi connectivity index (χ4v) is 5.22. The summed E-state index contributed by atoms with van der Waals surface area (Å²) in [7, 11) is 0. The van der Waals surface area contributed by atoms with E-state index in [1.807, 2.05) is 24.3 Å². The first kappa shape index (κ1) is 20.0. The van der Waals surface area contributed by atoms with Crippen LogP contribution in [0.2, 0.25) is 5.02 Å². The van der Waals surface area contributed by atoms with E-state index in [1.165, 1.54) is 0 Å². The average molecular weight is 432 g/mol. The molecule has 3 saturated heterocycles. The van der Waals surface area contributed by atoms with Crippen molar-refractivity contribution in [3.8, 4) is 0 Å². The zero-order valence-electron chi connectivity index (χ0n) is 16.8. The van der Waals surface area contributed by atoms with Gasteiger partial charge in [-0.25, -0.2) is 0 Å². The van der Waals surface area contributed by atoms with Gasteiger partial charge in [0.2, 0.25) is 11.8 Å². The molecule has 4 heterocycles. The third-order valence-corrected chi connectivity index (χ3v) is 6.85. The number of amides is 2. The highest BCUT2D eigenvalue weighted by molar-refractivity contribution is 6.30. The number of hydrogen-bond donors (Lipinski definition) is 1. The van der Waals surface area contributed by atoms with E-state index >= 15 is 0 Å². The normalized spacial score (nSPS) is 32.6. The van der Waals surface area contributed by atoms with Crippen LogP contribution in [0, 0.1) is 11.8 Å². The fourth-order valence-electron chi connectivity index (χ4n) is 5.09. The molecule has 0 aliphatic carbocycles. The molecule has 8 heteroatoms. The van der Waals surface area contributed by atoms with Crippen molar-refractivity contribution >= 4 is 29.1 Å². The molecule has 4 atom stereocenters. The number of ether oxygens (including phenoxy) is 2. The minimum Gasteiger partial charge on any atom is -0.379 e. The van der Waals surface area contributed by atoms with Crippen molar-refractivity contribution in [1.82, 2.24) is 10.2 Å². The van der Waals surface area contributed by atoms with Gasteiger partial charge in [0.1, 0.15) is 5.60 Å². The number of rotatable bonds is 6. The van der Waals surface area contributed by atoms with Crippen molar-refractivity contribution in [2.75, 3.05) is 50.8 Å². The van der Waals surface area contributed by atoms with E-state index in [9.17, 15) is 9.59 Å². The second kappa shape index (κ2) is 7.96. The summed E-state index contributed by atoms with van der Waals surface area (Å²) in [6.45, 7) is 5.38. The van der Waals surface area contributed by atoms with Crippen LogP contribution >= 0.6 is 11.6 Å². The van der Waals surface area contributed by atoms with Crippen LogP contribution in [0.3, 0.4) is 0 Å². The second-order valence-electron chi connectivity index (χ2n) is 8.40. The number of fused-ring (bicyclic) bond motifs is 1. The molecular weight excluding hydrogens is 406 g/mol. The molecule has 0 saturated carbocycles. The molecule has 4 aliphatic rings. The molecule has 7 nitrogen and oxygen atoms in total. The Morgan fingerprint density at radius 3 is 2.77 bits per heavy atom. The van der Waals surface area contributed by atoms with Gasteiger partial charge in [-0.15, -0.1) is 0 Å². The number of benzene rings is 1. The SMILES string of the molecule is O=C(NCCCN1CCOCC1)C1C2C(=O)N(c3ccc(Cl)cc3)C[C@]23C=C[C@H]1O3. The van der Waals surface area contributed by atoms with Crippen LogP contribution in [-0.4, -0.2) is 74.4 Å². The summed E-state index contributed by atoms with van der Waals surface area (Å²) in [4.78, 5) is 30.4. The maximum Gasteiger partial charge on any atom is 0.234 e. The fraction of sp³-hybridized carbons (Fsp3) is 0.545. The highest BCUT2D eigenvalue weighted by Gasteiger charge is 2.67. The minimum absolute atomic E-state index is 0.0577. The quantitative estimate of drug-likeness (QED) is 0.545. The van der Waals surface area contributed by atoms with Crippen molar-refractivity contribution in [2.24, 2.45) is 11.8 Å². The largest absolute Gasteiger partial charge is 0.379 e. The van der Waals surface area contributed by atoms with Crippen molar-refractivity contribution in [3.05, 3.63) is 41.4 Å². The van der Waals surface area contributed by atoms with Crippen LogP contribution in [-0.2, 0) is 19.1 Å². The lowest BCUT2D eigenvalue weighted by molar-refractivity contribution is -0.131. The van der Waals surface area contributed by atoms with Crippen molar-refractivity contribution in [2.45, 2.75) is 18.1 Å². The van der Waals surface area contributed by atoms with Gasteiger partial charge in [0.05, 0.1) is 37.7 Å². The van der Waals surface area contributed by atoms with Gasteiger partial charge in [-0.2, -0.15) is 0 Å². The molecular formula is C22H26ClN3O4. The van der Waals surface area contributed by atoms with Gasteiger partial charge in [-0.05, 0) is 37.2 Å². The molecule has 30 heavy (non-hydrogen) atoms. The Morgan fingerprint density at radius 1 is 1.23 bits per heavy atom. The minimum atomic E-state index is -0.711. The summed E-state index contributed by atoms with van der Waals surface area (Å²) in [6.07, 6.45) is 4.46. The summed E-state index contributed by atoms with van der Waals surface area (Å²) >= 11 is 5.99. The Hall–Kier alpha value is -1.93. The summed E-state index contributed by atoms with van der Waals surface area (Å²) in [5, 5.41) is 3.66. The molecule has 1 aromatic carbocycles. The van der Waals surface area contributed by atoms with Gasteiger partial charge in [-0.3, -0.25) is 14.5 Å². The van der Waals surface area contributed by atoms with Gasteiger partial charge in [0.15, 0.2) is 0 Å². The standard InChI is InChI=1S/C22H26ClN3O4/c23-15-2-4-16(5-3-15)26-14-22-7-6-17(30-22)18(19(22)21(26)28)20(27)24-8-1-9-25-10-12-29-13-11-25/h2-7,17-19H,1,8-14H2,(H,24,27)/t17-,18?,19?,22-/m1/s1. The Morgan fingerprint density at radius 2 is 2.00 bits per heavy atom. The van der Waals surface area contributed by atoms with Gasteiger partial charge in [-0.1, -0.05) is 23.8 Å². The van der Waals surface area contributed by atoms with Crippen LogP contribution in [0.15, 0.2) is 36.4 Å². The van der Waals surface area contributed by atoms with E-state index in [0.29, 0.717) is 18.1 Å². The molecule has 2 unspecified atom stereocenters. The molecule has 0 radical (unpaired) electrons. The lowest BCUT2D eigenvalue weighted by atomic mass is 9.77. The molecule has 4 aliphatic heterocycles. The third-order valence-electron chi connectivity index (χ3n) is 6.60. The topological polar surface area (TPSA) is 71.1 Å². The lowest BCUT2D eigenvalue weighted by Crippen LogP contribution is -2.45. The van der Waals surface area contributed by atoms with Crippen molar-refractivity contribution in [1.29, 1.82) is 0 Å². The summed E-state index contributed by atoms with van der Waals surface area (Å²) < 4.78 is 11.5. The first-order valence-electron chi connectivity index (χ1n) is 10.6. The highest BCUT2D eigenvalue weighted by atomic mass is 35.5. The predicted octanol–water partition coefficient (Wildman–Crippen LogP) is 1.46. The smallest absolute Gasteiger partial charge is 0.234 e. The molecule has 3 fully saturated rings. The van der Waals surface area contributed by atoms with Crippen molar-refractivity contribution in [3.63, 3.8) is 0 Å². The first-order valence-corrected chi connectivity index (χ1v) is 11.0. The first-order chi connectivity index (χ1) is 14.6. The molecule has 2 bridgehead atoms. The molecule has 1 N–H and O–H groups in total. The zero-order chi connectivity index (χ0) is 20.7. The Balaban J connectivity index is 1.23. The van der Waals surface area contributed by atoms with E-state index in [1.54, 1.807) is 17.0 Å². The highest BCUT2D eigenvalue weighted by Crippen LogP contribution is 2.52. The third kappa shape index (κ3) is 3.43. The van der Waals surface area contributed by atoms with Gasteiger partial charge >= 0.3 is 0 Å². The number of halogens is 1. The number of carbonyl (C=O) groups is 2. The maximum absolute atomic E-state index is 13.3. The molecule has 160 valence electrons. The molecule has 1 spiro atoms. The van der Waals surface area contributed by atoms with E-state index in [-0.39, 0.29) is 17.9 Å². The van der Waals surface area contributed by atoms with Gasteiger partial charge < -0.3 is 19.7 Å². The van der Waals surface area contributed by atoms with E-state index in [0.717, 1.165) is 45.0 Å². The number of anilines is 1. The summed E-state index contributed by atoms with van der Waals surface area (Å²) in [5.41, 5.74) is 0.0651. The van der Waals surface area contributed by atoms with Crippen molar-refractivity contribution < 1.29 is 19.1 Å². The zero-order valence-corrected chi connectivity index (χ0v) is 17.5. The number of morpholine rings is 1. The molecule has 1 aromatic rings. The van der Waals surface area contributed by atoms with Crippen LogP contribution in [0.4, 0.5) is 5.69 Å². The van der Waals surface area contributed by atoms with E-state index in [4.69, 9.17) is 21.1 Å². The molecule has 2 amide bonds. The number of carbonyl (C=O) groups excluding carboxylic acids is 2. The van der Waals surface area contributed by atoms with E-state index < -0.39 is 17.4 Å². The Kier molecular flexibility index (Phi) is 5.31. The summed E-state index contributed by atoms with van der Waals surface area (Å²) in [5.74, 6) is -1.12. The molecule has 0 aromatic heterocycles. The number of hydrogen-bond acceptors (Lipinski definition) is 5. The maximum atomic E-state index is 13.3. The lowest BCUT2D eigenvalue weighted by Gasteiger charge is -2.27. The number of nitrogens with zero attached hydrogens (tertiary/aromatic N) is 2. The van der Waals surface area contributed by atoms with Crippen LogP contribution in [0.25, 0.3) is 0 Å². The second-order valence-corrected chi connectivity index (χ2v) is 8.84. The predicted molar refractivity (Wildman–Crippen MR) is 112 cm³/mol.